The summed E-state index contributed by atoms with van der Waals surface area (Å²) in [6, 6.07) is 74.8. The van der Waals surface area contributed by atoms with Gasteiger partial charge in [0.05, 0.1) is 0 Å². The Labute approximate surface area is 359 Å². The summed E-state index contributed by atoms with van der Waals surface area (Å²) in [5.74, 6) is 0. The molecule has 3 nitrogen and oxygen atoms in total. The average Bonchev–Trinajstić information content (AvgIpc) is 4.01. The van der Waals surface area contributed by atoms with Crippen LogP contribution in [0.5, 0.6) is 0 Å². The minimum atomic E-state index is 0.861. The van der Waals surface area contributed by atoms with E-state index in [1.54, 1.807) is 0 Å². The Bertz CT molecular complexity index is 3850. The molecule has 0 N–H and O–H groups in total. The van der Waals surface area contributed by atoms with Gasteiger partial charge >= 0.3 is 0 Å². The van der Waals surface area contributed by atoms with Gasteiger partial charge in [-0.05, 0) is 119 Å². The highest BCUT2D eigenvalue weighted by molar-refractivity contribution is 7.26. The van der Waals surface area contributed by atoms with Crippen LogP contribution >= 0.6 is 22.7 Å². The highest BCUT2D eigenvalue weighted by Gasteiger charge is 2.22. The number of hydrogen-bond acceptors (Lipinski definition) is 5. The van der Waals surface area contributed by atoms with E-state index in [9.17, 15) is 0 Å². The number of benzene rings is 10. The summed E-state index contributed by atoms with van der Waals surface area (Å²) in [5.41, 5.74) is 8.33. The van der Waals surface area contributed by atoms with Crippen LogP contribution in [0.25, 0.3) is 83.8 Å². The number of thiophene rings is 2. The average molecular weight is 815 g/mol. The second-order valence-corrected chi connectivity index (χ2v) is 17.8. The molecule has 0 saturated heterocycles. The Morgan fingerprint density at radius 3 is 1.28 bits per heavy atom. The molecular weight excluding hydrogens is 781 g/mol. The fourth-order valence-corrected chi connectivity index (χ4v) is 11.6. The quantitative estimate of drug-likeness (QED) is 0.156. The van der Waals surface area contributed by atoms with Crippen molar-refractivity contribution in [2.75, 3.05) is 9.80 Å². The predicted octanol–water partition coefficient (Wildman–Crippen LogP) is 17.6. The molecule has 13 aromatic rings. The summed E-state index contributed by atoms with van der Waals surface area (Å²) in [7, 11) is 0. The maximum Gasteiger partial charge on any atom is 0.143 e. The monoisotopic (exact) mass is 814 g/mol. The van der Waals surface area contributed by atoms with Crippen LogP contribution in [0.2, 0.25) is 0 Å². The maximum atomic E-state index is 7.06. The minimum Gasteiger partial charge on any atom is -0.455 e. The van der Waals surface area contributed by atoms with Crippen molar-refractivity contribution < 1.29 is 4.42 Å². The summed E-state index contributed by atoms with van der Waals surface area (Å²) < 4.78 is 12.3. The van der Waals surface area contributed by atoms with Gasteiger partial charge in [-0.3, -0.25) is 0 Å². The van der Waals surface area contributed by atoms with E-state index in [1.165, 1.54) is 51.1 Å². The fraction of sp³-hybridized carbons (Fsp3) is 0. The molecule has 5 heteroatoms. The summed E-state index contributed by atoms with van der Waals surface area (Å²) in [5, 5.41) is 12.0. The van der Waals surface area contributed by atoms with Crippen LogP contribution in [0.15, 0.2) is 211 Å². The van der Waals surface area contributed by atoms with Gasteiger partial charge in [0, 0.05) is 96.7 Å². The van der Waals surface area contributed by atoms with Gasteiger partial charge in [-0.1, -0.05) is 97.1 Å². The topological polar surface area (TPSA) is 19.6 Å². The molecule has 0 bridgehead atoms. The van der Waals surface area contributed by atoms with E-state index in [-0.39, 0.29) is 0 Å². The van der Waals surface area contributed by atoms with Crippen molar-refractivity contribution in [2.45, 2.75) is 0 Å². The van der Waals surface area contributed by atoms with Gasteiger partial charge in [-0.2, -0.15) is 0 Å². The number of para-hydroxylation sites is 2. The smallest absolute Gasteiger partial charge is 0.143 e. The van der Waals surface area contributed by atoms with E-state index < -0.39 is 0 Å². The van der Waals surface area contributed by atoms with Crippen molar-refractivity contribution in [3.05, 3.63) is 206 Å². The number of furan rings is 1. The Balaban J connectivity index is 0.999. The van der Waals surface area contributed by atoms with E-state index in [0.717, 1.165) is 66.8 Å². The van der Waals surface area contributed by atoms with Crippen LogP contribution in [-0.2, 0) is 0 Å². The van der Waals surface area contributed by atoms with Crippen molar-refractivity contribution >= 4 is 141 Å². The zero-order valence-electron chi connectivity index (χ0n) is 32.7. The van der Waals surface area contributed by atoms with Gasteiger partial charge < -0.3 is 14.2 Å². The molecule has 0 aliphatic heterocycles. The SMILES string of the molecule is c1ccc(N(c2ccc3c(c2)oc2c4ccc(N(c5ccccc5)c5ccc6sc7ccccc7c6c5)cc4c4ccccc4c32)c2ccc3sc4ccccc4c3c2)cc1. The molecule has 61 heavy (non-hydrogen) atoms. The van der Waals surface area contributed by atoms with Gasteiger partial charge in [0.1, 0.15) is 11.2 Å². The van der Waals surface area contributed by atoms with Crippen molar-refractivity contribution in [3.8, 4) is 0 Å². The molecule has 0 fully saturated rings. The molecule has 0 saturated carbocycles. The van der Waals surface area contributed by atoms with Gasteiger partial charge in [0.15, 0.2) is 0 Å². The van der Waals surface area contributed by atoms with Crippen LogP contribution in [0.3, 0.4) is 0 Å². The number of anilines is 6. The minimum absolute atomic E-state index is 0.861. The second kappa shape index (κ2) is 13.5. The summed E-state index contributed by atoms with van der Waals surface area (Å²) in [6.45, 7) is 0. The third-order valence-electron chi connectivity index (χ3n) is 12.2. The molecule has 286 valence electrons. The molecule has 0 radical (unpaired) electrons. The van der Waals surface area contributed by atoms with E-state index in [4.69, 9.17) is 4.42 Å². The van der Waals surface area contributed by atoms with Crippen molar-refractivity contribution in [1.29, 1.82) is 0 Å². The lowest BCUT2D eigenvalue weighted by molar-refractivity contribution is 0.673. The maximum absolute atomic E-state index is 7.06. The Hall–Kier alpha value is -7.44. The van der Waals surface area contributed by atoms with Gasteiger partial charge in [-0.25, -0.2) is 0 Å². The number of nitrogens with zero attached hydrogens (tertiary/aromatic N) is 2. The lowest BCUT2D eigenvalue weighted by atomic mass is 9.96. The molecule has 0 atom stereocenters. The number of rotatable bonds is 6. The van der Waals surface area contributed by atoms with Gasteiger partial charge in [0.2, 0.25) is 0 Å². The molecule has 0 spiro atoms. The van der Waals surface area contributed by atoms with Crippen LogP contribution < -0.4 is 9.80 Å². The van der Waals surface area contributed by atoms with E-state index >= 15 is 0 Å². The van der Waals surface area contributed by atoms with E-state index in [1.807, 2.05) is 22.7 Å². The first-order valence-corrected chi connectivity index (χ1v) is 22.2. The van der Waals surface area contributed by atoms with Crippen LogP contribution in [0, 0.1) is 0 Å². The molecule has 0 amide bonds. The zero-order valence-corrected chi connectivity index (χ0v) is 34.4. The Morgan fingerprint density at radius 1 is 0.279 bits per heavy atom. The normalized spacial score (nSPS) is 11.9. The first-order chi connectivity index (χ1) is 30.2. The van der Waals surface area contributed by atoms with Gasteiger partial charge in [0.25, 0.3) is 0 Å². The third kappa shape index (κ3) is 5.41. The largest absolute Gasteiger partial charge is 0.455 e. The van der Waals surface area contributed by atoms with Crippen LogP contribution in [-0.4, -0.2) is 0 Å². The first kappa shape index (κ1) is 34.4. The summed E-state index contributed by atoms with van der Waals surface area (Å²) in [6.07, 6.45) is 0. The molecule has 0 aliphatic rings. The Morgan fingerprint density at radius 2 is 0.705 bits per heavy atom. The number of hydrogen-bond donors (Lipinski definition) is 0. The molecule has 13 rings (SSSR count). The second-order valence-electron chi connectivity index (χ2n) is 15.7. The van der Waals surface area contributed by atoms with Gasteiger partial charge in [-0.15, -0.1) is 22.7 Å². The zero-order chi connectivity index (χ0) is 40.0. The molecular formula is C56H34N2OS2. The predicted molar refractivity (Wildman–Crippen MR) is 264 cm³/mol. The lowest BCUT2D eigenvalue weighted by Gasteiger charge is -2.26. The standard InChI is InChI=1S/C56H34N2OS2/c1-3-13-35(14-4-1)57(38-25-29-53-48(32-38)42-18-9-11-21-51(42)60-53)37-23-27-45-47(31-37)41-17-7-8-20-44(41)55-46-28-24-40(34-50(46)59-56(45)55)58(36-15-5-2-6-16-36)39-26-30-54-49(33-39)43-19-10-12-22-52(43)61-54/h1-34H. The molecule has 3 heterocycles. The fourth-order valence-electron chi connectivity index (χ4n) is 9.46. The summed E-state index contributed by atoms with van der Waals surface area (Å²) in [4.78, 5) is 4.72. The molecule has 0 aliphatic carbocycles. The molecule has 10 aromatic carbocycles. The highest BCUT2D eigenvalue weighted by atomic mass is 32.1. The van der Waals surface area contributed by atoms with Crippen LogP contribution in [0.1, 0.15) is 0 Å². The summed E-state index contributed by atoms with van der Waals surface area (Å²) >= 11 is 3.69. The lowest BCUT2D eigenvalue weighted by Crippen LogP contribution is -2.09. The van der Waals surface area contributed by atoms with Crippen molar-refractivity contribution in [3.63, 3.8) is 0 Å². The van der Waals surface area contributed by atoms with E-state index in [2.05, 4.69) is 216 Å². The highest BCUT2D eigenvalue weighted by Crippen LogP contribution is 2.47. The molecule has 3 aromatic heterocycles. The Kier molecular flexibility index (Phi) is 7.65. The van der Waals surface area contributed by atoms with Crippen molar-refractivity contribution in [2.24, 2.45) is 0 Å². The first-order valence-electron chi connectivity index (χ1n) is 20.6. The number of fused-ring (bicyclic) bond motifs is 14. The van der Waals surface area contributed by atoms with Crippen molar-refractivity contribution in [1.82, 2.24) is 0 Å². The van der Waals surface area contributed by atoms with Crippen LogP contribution in [0.4, 0.5) is 34.1 Å². The van der Waals surface area contributed by atoms with E-state index in [0.29, 0.717) is 0 Å². The third-order valence-corrected chi connectivity index (χ3v) is 14.5. The molecule has 0 unspecified atom stereocenters.